The molecule has 0 saturated carbocycles. The smallest absolute Gasteiger partial charge is 0.283 e. The topological polar surface area (TPSA) is 233 Å². The fourth-order valence-electron chi connectivity index (χ4n) is 7.19. The summed E-state index contributed by atoms with van der Waals surface area (Å²) in [4.78, 5) is 78.1. The second-order valence-electron chi connectivity index (χ2n) is 15.8. The number of nitrogens with one attached hydrogen (secondary N) is 3. The van der Waals surface area contributed by atoms with E-state index in [9.17, 15) is 33.0 Å². The van der Waals surface area contributed by atoms with E-state index in [-0.39, 0.29) is 74.6 Å². The molecule has 0 spiro atoms. The van der Waals surface area contributed by atoms with E-state index < -0.39 is 52.4 Å². The monoisotopic (exact) mass is 969 g/mol. The largest absolute Gasteiger partial charge is 0.483 e. The van der Waals surface area contributed by atoms with Crippen LogP contribution in [0.15, 0.2) is 65.0 Å². The summed E-state index contributed by atoms with van der Waals surface area (Å²) >= 11 is 6.33. The highest BCUT2D eigenvalue weighted by atomic mass is 35.5. The minimum Gasteiger partial charge on any atom is -0.483 e. The molecule has 3 heterocycles. The van der Waals surface area contributed by atoms with Crippen LogP contribution in [-0.4, -0.2) is 166 Å². The molecule has 6 rings (SSSR count). The summed E-state index contributed by atoms with van der Waals surface area (Å²) in [6, 6.07) is 15.1. The number of ether oxygens (including phenoxy) is 5. The Balaban J connectivity index is 0.774. The minimum absolute atomic E-state index is 0.000847. The number of hydrogen-bond acceptors (Lipinski definition) is 15. The molecule has 0 aliphatic carbocycles. The van der Waals surface area contributed by atoms with E-state index in [1.807, 2.05) is 27.1 Å². The van der Waals surface area contributed by atoms with Gasteiger partial charge in [-0.15, -0.1) is 0 Å². The second-order valence-corrected chi connectivity index (χ2v) is 18.0. The number of hydrogen-bond donors (Lipinski definition) is 3. The van der Waals surface area contributed by atoms with Crippen molar-refractivity contribution in [2.24, 2.45) is 4.36 Å². The molecule has 6 amide bonds. The lowest BCUT2D eigenvalue weighted by molar-refractivity contribution is -0.136. The zero-order valence-corrected chi connectivity index (χ0v) is 39.2. The van der Waals surface area contributed by atoms with Crippen molar-refractivity contribution in [3.8, 4) is 11.5 Å². The van der Waals surface area contributed by atoms with E-state index in [0.29, 0.717) is 68.1 Å². The number of nitrogens with zero attached hydrogens (tertiary/aromatic N) is 4. The molecule has 22 heteroatoms. The van der Waals surface area contributed by atoms with Crippen LogP contribution in [0.2, 0.25) is 5.02 Å². The number of aryl methyl sites for hydroxylation is 1. The zero-order chi connectivity index (χ0) is 47.9. The number of rotatable bonds is 25. The van der Waals surface area contributed by atoms with E-state index in [0.717, 1.165) is 16.9 Å². The molecule has 0 aromatic heterocycles. The van der Waals surface area contributed by atoms with Crippen LogP contribution in [0.1, 0.15) is 55.9 Å². The van der Waals surface area contributed by atoms with Crippen LogP contribution < -0.4 is 24.9 Å². The molecule has 3 aromatic rings. The highest BCUT2D eigenvalue weighted by Crippen LogP contribution is 2.34. The van der Waals surface area contributed by atoms with Crippen molar-refractivity contribution in [3.05, 3.63) is 87.9 Å². The number of amides is 6. The van der Waals surface area contributed by atoms with Gasteiger partial charge in [-0.2, -0.15) is 12.9 Å². The number of carbonyl (C=O) groups is 6. The normalized spacial score (nSPS) is 18.1. The second kappa shape index (κ2) is 24.5. The van der Waals surface area contributed by atoms with Crippen LogP contribution in [0.4, 0.5) is 5.69 Å². The molecule has 2 unspecified atom stereocenters. The Labute approximate surface area is 394 Å². The van der Waals surface area contributed by atoms with Crippen LogP contribution in [0.5, 0.6) is 11.5 Å². The van der Waals surface area contributed by atoms with E-state index in [2.05, 4.69) is 25.2 Å². The standard InChI is InChI=1S/C45H56ClN7O13S/c1-30-7-10-32(27-36(30)46)50-67(60,52-18-15-33(28-52)51(2)3)66-34-11-8-31(9-12-34)42(56)48-17-20-62-22-24-64-26-25-63-23-21-61-19-16-47-40(55)29-65-38-6-4-5-35-41(38)45(59)53(44(35)58)37-13-14-39(54)49-43(37)57/h4-12,27,33,37H,13-26,28-29H2,1-3H3,(H,47,55)(H,48,56)(H,49,54,57)/t33-,37?,67?/m0/s1. The van der Waals surface area contributed by atoms with Crippen LogP contribution >= 0.6 is 11.6 Å². The minimum atomic E-state index is -3.36. The maximum Gasteiger partial charge on any atom is 0.283 e. The van der Waals surface area contributed by atoms with Crippen molar-refractivity contribution >= 4 is 62.9 Å². The van der Waals surface area contributed by atoms with Crippen molar-refractivity contribution in [3.63, 3.8) is 0 Å². The van der Waals surface area contributed by atoms with Crippen molar-refractivity contribution in [2.75, 3.05) is 99.7 Å². The van der Waals surface area contributed by atoms with Gasteiger partial charge >= 0.3 is 0 Å². The number of imide groups is 2. The maximum absolute atomic E-state index is 14.3. The summed E-state index contributed by atoms with van der Waals surface area (Å²) in [5.74, 6) is -3.03. The number of halogens is 1. The predicted octanol–water partition coefficient (Wildman–Crippen LogP) is 2.69. The van der Waals surface area contributed by atoms with Gasteiger partial charge < -0.3 is 43.4 Å². The summed E-state index contributed by atoms with van der Waals surface area (Å²) in [6.07, 6.45) is 0.836. The average Bonchev–Trinajstić information content (AvgIpc) is 3.91. The molecule has 3 aromatic carbocycles. The van der Waals surface area contributed by atoms with E-state index in [1.54, 1.807) is 40.7 Å². The molecule has 67 heavy (non-hydrogen) atoms. The third-order valence-corrected chi connectivity index (χ3v) is 13.1. The number of fused-ring (bicyclic) bond motifs is 1. The van der Waals surface area contributed by atoms with Gasteiger partial charge in [-0.3, -0.25) is 39.0 Å². The van der Waals surface area contributed by atoms with Gasteiger partial charge in [0.2, 0.25) is 11.8 Å². The van der Waals surface area contributed by atoms with Crippen molar-refractivity contribution in [2.45, 2.75) is 38.3 Å². The Morgan fingerprint density at radius 1 is 0.851 bits per heavy atom. The molecular formula is C45H56ClN7O13S. The number of benzene rings is 3. The average molecular weight is 970 g/mol. The summed E-state index contributed by atoms with van der Waals surface area (Å²) in [7, 11) is 0.609. The van der Waals surface area contributed by atoms with Crippen molar-refractivity contribution in [1.82, 2.24) is 30.1 Å². The highest BCUT2D eigenvalue weighted by molar-refractivity contribution is 7.87. The van der Waals surface area contributed by atoms with Gasteiger partial charge in [-0.05, 0) is 88.0 Å². The molecule has 0 bridgehead atoms. The van der Waals surface area contributed by atoms with Gasteiger partial charge in [0, 0.05) is 49.2 Å². The first-order valence-electron chi connectivity index (χ1n) is 21.8. The quantitative estimate of drug-likeness (QED) is 0.0819. The summed E-state index contributed by atoms with van der Waals surface area (Å²) in [6.45, 7) is 5.39. The van der Waals surface area contributed by atoms with Crippen LogP contribution in [0.25, 0.3) is 0 Å². The lowest BCUT2D eigenvalue weighted by atomic mass is 10.0. The molecule has 2 fully saturated rings. The third kappa shape index (κ3) is 14.0. The predicted molar refractivity (Wildman–Crippen MR) is 244 cm³/mol. The molecule has 3 atom stereocenters. The van der Waals surface area contributed by atoms with Gasteiger partial charge in [0.25, 0.3) is 33.8 Å². The van der Waals surface area contributed by atoms with Gasteiger partial charge in [0.05, 0.1) is 69.7 Å². The van der Waals surface area contributed by atoms with Crippen LogP contribution in [-0.2, 0) is 43.5 Å². The number of likely N-dealkylation sites (N-methyl/N-ethyl adjacent to an activating group) is 1. The number of piperidine rings is 1. The number of carbonyl (C=O) groups excluding carboxylic acids is 6. The molecule has 3 N–H and O–H groups in total. The summed E-state index contributed by atoms with van der Waals surface area (Å²) < 4.78 is 54.3. The first kappa shape index (κ1) is 50.9. The van der Waals surface area contributed by atoms with Gasteiger partial charge in [-0.1, -0.05) is 23.7 Å². The first-order valence-corrected chi connectivity index (χ1v) is 23.6. The fourth-order valence-corrected chi connectivity index (χ4v) is 9.06. The van der Waals surface area contributed by atoms with Crippen molar-refractivity contribution in [1.29, 1.82) is 0 Å². The molecule has 3 aliphatic rings. The summed E-state index contributed by atoms with van der Waals surface area (Å²) in [5, 5.41) is 8.12. The molecule has 0 radical (unpaired) electrons. The van der Waals surface area contributed by atoms with E-state index in [4.69, 9.17) is 39.5 Å². The molecule has 362 valence electrons. The Morgan fingerprint density at radius 3 is 2.13 bits per heavy atom. The van der Waals surface area contributed by atoms with Gasteiger partial charge in [0.1, 0.15) is 17.5 Å². The Kier molecular flexibility index (Phi) is 18.6. The molecule has 3 aliphatic heterocycles. The SMILES string of the molecule is Cc1ccc(N=S(=O)(Oc2ccc(C(=O)NCCOCCOCCOCCOCCNC(=O)COc3cccc4c3C(=O)N(C3CCC(=O)NC3=O)C4=O)cc2)N2CC[C@H](N(C)C)C2)cc1Cl. The van der Waals surface area contributed by atoms with E-state index >= 15 is 0 Å². The summed E-state index contributed by atoms with van der Waals surface area (Å²) in [5.41, 5.74) is 1.73. The lowest BCUT2D eigenvalue weighted by Gasteiger charge is -2.27. The Bertz CT molecular complexity index is 2400. The van der Waals surface area contributed by atoms with Crippen molar-refractivity contribution < 1.29 is 60.8 Å². The third-order valence-electron chi connectivity index (χ3n) is 10.9. The Morgan fingerprint density at radius 2 is 1.51 bits per heavy atom. The zero-order valence-electron chi connectivity index (χ0n) is 37.6. The van der Waals surface area contributed by atoms with E-state index in [1.165, 1.54) is 18.2 Å². The Hall–Kier alpha value is -5.52. The highest BCUT2D eigenvalue weighted by Gasteiger charge is 2.46. The van der Waals surface area contributed by atoms with Gasteiger partial charge in [0.15, 0.2) is 6.61 Å². The molecule has 2 saturated heterocycles. The van der Waals surface area contributed by atoms with Crippen LogP contribution in [0.3, 0.4) is 0 Å². The van der Waals surface area contributed by atoms with Gasteiger partial charge in [-0.25, -0.2) is 0 Å². The van der Waals surface area contributed by atoms with Crippen LogP contribution in [0, 0.1) is 6.92 Å². The lowest BCUT2D eigenvalue weighted by Crippen LogP contribution is -2.54. The molecular weight excluding hydrogens is 914 g/mol. The molecule has 20 nitrogen and oxygen atoms in total. The maximum atomic E-state index is 14.3. The fraction of sp³-hybridized carbons (Fsp3) is 0.467. The first-order chi connectivity index (χ1) is 32.2.